The molecule has 148 valence electrons. The van der Waals surface area contributed by atoms with E-state index in [9.17, 15) is 9.59 Å². The van der Waals surface area contributed by atoms with Gasteiger partial charge in [0.25, 0.3) is 0 Å². The summed E-state index contributed by atoms with van der Waals surface area (Å²) in [4.78, 5) is 32.6. The third-order valence-corrected chi connectivity index (χ3v) is 4.70. The first kappa shape index (κ1) is 18.8. The highest BCUT2D eigenvalue weighted by atomic mass is 16.5. The first-order chi connectivity index (χ1) is 14.1. The third-order valence-electron chi connectivity index (χ3n) is 4.70. The van der Waals surface area contributed by atoms with Crippen LogP contribution in [0.1, 0.15) is 30.7 Å². The van der Waals surface area contributed by atoms with E-state index < -0.39 is 0 Å². The van der Waals surface area contributed by atoms with Crippen LogP contribution >= 0.6 is 0 Å². The minimum absolute atomic E-state index is 0.0347. The zero-order valence-corrected chi connectivity index (χ0v) is 16.0. The Morgan fingerprint density at radius 3 is 2.69 bits per heavy atom. The molecular formula is C21H21N5O3. The van der Waals surface area contributed by atoms with Gasteiger partial charge in [0.1, 0.15) is 0 Å². The van der Waals surface area contributed by atoms with Gasteiger partial charge in [0.2, 0.25) is 23.5 Å². The van der Waals surface area contributed by atoms with Gasteiger partial charge in [-0.3, -0.25) is 14.6 Å². The Hall–Kier alpha value is -3.55. The lowest BCUT2D eigenvalue weighted by Crippen LogP contribution is -2.15. The van der Waals surface area contributed by atoms with Crippen molar-refractivity contribution in [3.05, 3.63) is 54.2 Å². The lowest BCUT2D eigenvalue weighted by molar-refractivity contribution is -0.117. The summed E-state index contributed by atoms with van der Waals surface area (Å²) in [5, 5.41) is 9.72. The van der Waals surface area contributed by atoms with Crippen LogP contribution in [0.25, 0.3) is 11.4 Å². The smallest absolute Gasteiger partial charge is 0.227 e. The lowest BCUT2D eigenvalue weighted by Gasteiger charge is -2.11. The summed E-state index contributed by atoms with van der Waals surface area (Å²) in [5.74, 6) is 0.864. The fraction of sp³-hybridized carbons (Fsp3) is 0.286. The van der Waals surface area contributed by atoms with Crippen LogP contribution < -0.4 is 10.6 Å². The summed E-state index contributed by atoms with van der Waals surface area (Å²) >= 11 is 0. The Morgan fingerprint density at radius 2 is 1.93 bits per heavy atom. The number of anilines is 2. The van der Waals surface area contributed by atoms with E-state index in [-0.39, 0.29) is 24.2 Å². The zero-order chi connectivity index (χ0) is 20.2. The van der Waals surface area contributed by atoms with Crippen LogP contribution in [0.15, 0.2) is 47.2 Å². The Kier molecular flexibility index (Phi) is 5.33. The summed E-state index contributed by atoms with van der Waals surface area (Å²) in [6, 6.07) is 9.07. The first-order valence-corrected chi connectivity index (χ1v) is 9.53. The average molecular weight is 391 g/mol. The molecule has 1 aliphatic carbocycles. The molecule has 2 heterocycles. The molecule has 4 rings (SSSR count). The molecule has 0 atom stereocenters. The first-order valence-electron chi connectivity index (χ1n) is 9.53. The van der Waals surface area contributed by atoms with Crippen LogP contribution in [0.2, 0.25) is 0 Å². The molecule has 0 aliphatic heterocycles. The molecule has 0 bridgehead atoms. The molecular weight excluding hydrogens is 370 g/mol. The van der Waals surface area contributed by atoms with Gasteiger partial charge in [-0.05, 0) is 49.6 Å². The van der Waals surface area contributed by atoms with Gasteiger partial charge in [-0.1, -0.05) is 11.2 Å². The highest BCUT2D eigenvalue weighted by molar-refractivity contribution is 5.96. The fourth-order valence-electron chi connectivity index (χ4n) is 2.83. The van der Waals surface area contributed by atoms with Crippen molar-refractivity contribution >= 4 is 23.2 Å². The van der Waals surface area contributed by atoms with Crippen LogP contribution in [0.5, 0.6) is 0 Å². The summed E-state index contributed by atoms with van der Waals surface area (Å²) in [7, 11) is 0. The summed E-state index contributed by atoms with van der Waals surface area (Å²) in [6.45, 7) is 1.90. The number of amides is 2. The molecule has 29 heavy (non-hydrogen) atoms. The molecule has 1 aromatic carbocycles. The lowest BCUT2D eigenvalue weighted by atomic mass is 10.1. The number of pyridine rings is 1. The van der Waals surface area contributed by atoms with Gasteiger partial charge in [-0.2, -0.15) is 4.98 Å². The second-order valence-corrected chi connectivity index (χ2v) is 7.09. The molecule has 0 spiro atoms. The average Bonchev–Trinajstić information content (AvgIpc) is 3.48. The van der Waals surface area contributed by atoms with E-state index in [0.29, 0.717) is 29.5 Å². The number of rotatable bonds is 7. The number of aromatic nitrogens is 3. The molecule has 8 nitrogen and oxygen atoms in total. The van der Waals surface area contributed by atoms with Crippen LogP contribution in [-0.2, 0) is 16.0 Å². The van der Waals surface area contributed by atoms with E-state index >= 15 is 0 Å². The van der Waals surface area contributed by atoms with Crippen molar-refractivity contribution in [3.63, 3.8) is 0 Å². The molecule has 1 fully saturated rings. The van der Waals surface area contributed by atoms with Gasteiger partial charge in [-0.25, -0.2) is 0 Å². The number of carbonyl (C=O) groups excluding carboxylic acids is 2. The van der Waals surface area contributed by atoms with E-state index in [2.05, 4.69) is 25.8 Å². The van der Waals surface area contributed by atoms with Crippen molar-refractivity contribution in [2.45, 2.75) is 32.6 Å². The van der Waals surface area contributed by atoms with E-state index in [1.54, 1.807) is 30.6 Å². The minimum Gasteiger partial charge on any atom is -0.339 e. The zero-order valence-electron chi connectivity index (χ0n) is 16.0. The largest absolute Gasteiger partial charge is 0.339 e. The number of hydrogen-bond acceptors (Lipinski definition) is 6. The Labute approximate surface area is 167 Å². The van der Waals surface area contributed by atoms with Crippen molar-refractivity contribution in [2.75, 3.05) is 10.6 Å². The number of carbonyl (C=O) groups is 2. The van der Waals surface area contributed by atoms with E-state index in [1.807, 2.05) is 19.1 Å². The summed E-state index contributed by atoms with van der Waals surface area (Å²) < 4.78 is 5.23. The van der Waals surface area contributed by atoms with Crippen molar-refractivity contribution < 1.29 is 14.1 Å². The van der Waals surface area contributed by atoms with E-state index in [0.717, 1.165) is 24.0 Å². The minimum atomic E-state index is -0.164. The molecule has 0 saturated heterocycles. The number of aryl methyl sites for hydroxylation is 2. The van der Waals surface area contributed by atoms with Gasteiger partial charge in [0, 0.05) is 48.1 Å². The standard InChI is InChI=1S/C21H21N5O3/c1-13-2-5-16(23-21(28)15-3-4-15)12-17(13)24-18(27)6-7-19-25-20(26-29-19)14-8-10-22-11-9-14/h2,5,8-12,15H,3-4,6-7H2,1H3,(H,23,28)(H,24,27). The van der Waals surface area contributed by atoms with Gasteiger partial charge >= 0.3 is 0 Å². The molecule has 2 amide bonds. The Balaban J connectivity index is 1.34. The van der Waals surface area contributed by atoms with Gasteiger partial charge < -0.3 is 15.2 Å². The SMILES string of the molecule is Cc1ccc(NC(=O)C2CC2)cc1NC(=O)CCc1nc(-c2ccncc2)no1. The molecule has 2 N–H and O–H groups in total. The number of nitrogens with one attached hydrogen (secondary N) is 2. The normalized spacial score (nSPS) is 13.1. The quantitative estimate of drug-likeness (QED) is 0.639. The Morgan fingerprint density at radius 1 is 1.14 bits per heavy atom. The molecule has 0 radical (unpaired) electrons. The highest BCUT2D eigenvalue weighted by Gasteiger charge is 2.29. The van der Waals surface area contributed by atoms with Gasteiger partial charge in [0.05, 0.1) is 0 Å². The predicted molar refractivity (Wildman–Crippen MR) is 107 cm³/mol. The number of hydrogen-bond donors (Lipinski definition) is 2. The molecule has 0 unspecified atom stereocenters. The Bertz CT molecular complexity index is 1030. The predicted octanol–water partition coefficient (Wildman–Crippen LogP) is 3.36. The monoisotopic (exact) mass is 391 g/mol. The van der Waals surface area contributed by atoms with Crippen molar-refractivity contribution in [1.82, 2.24) is 15.1 Å². The van der Waals surface area contributed by atoms with Crippen LogP contribution in [0.3, 0.4) is 0 Å². The number of benzene rings is 1. The van der Waals surface area contributed by atoms with Crippen LogP contribution in [0.4, 0.5) is 11.4 Å². The second-order valence-electron chi connectivity index (χ2n) is 7.09. The van der Waals surface area contributed by atoms with Crippen LogP contribution in [-0.4, -0.2) is 26.9 Å². The fourth-order valence-corrected chi connectivity index (χ4v) is 2.83. The van der Waals surface area contributed by atoms with Crippen LogP contribution in [0, 0.1) is 12.8 Å². The summed E-state index contributed by atoms with van der Waals surface area (Å²) in [6.07, 6.45) is 5.74. The highest BCUT2D eigenvalue weighted by Crippen LogP contribution is 2.30. The second kappa shape index (κ2) is 8.22. The summed E-state index contributed by atoms with van der Waals surface area (Å²) in [5.41, 5.74) is 3.08. The molecule has 1 aliphatic rings. The van der Waals surface area contributed by atoms with Gasteiger partial charge in [0.15, 0.2) is 0 Å². The topological polar surface area (TPSA) is 110 Å². The molecule has 8 heteroatoms. The van der Waals surface area contributed by atoms with E-state index in [4.69, 9.17) is 4.52 Å². The third kappa shape index (κ3) is 4.84. The van der Waals surface area contributed by atoms with Gasteiger partial charge in [-0.15, -0.1) is 0 Å². The maximum Gasteiger partial charge on any atom is 0.227 e. The van der Waals surface area contributed by atoms with E-state index in [1.165, 1.54) is 0 Å². The number of nitrogens with zero attached hydrogens (tertiary/aromatic N) is 3. The van der Waals surface area contributed by atoms with Crippen molar-refractivity contribution in [3.8, 4) is 11.4 Å². The maximum absolute atomic E-state index is 12.4. The van der Waals surface area contributed by atoms with Crippen molar-refractivity contribution in [1.29, 1.82) is 0 Å². The maximum atomic E-state index is 12.4. The molecule has 2 aromatic heterocycles. The molecule has 1 saturated carbocycles. The van der Waals surface area contributed by atoms with Crippen molar-refractivity contribution in [2.24, 2.45) is 5.92 Å². The molecule has 3 aromatic rings.